The van der Waals surface area contributed by atoms with Crippen molar-refractivity contribution in [3.05, 3.63) is 23.9 Å². The van der Waals surface area contributed by atoms with Crippen molar-refractivity contribution in [1.29, 1.82) is 0 Å². The van der Waals surface area contributed by atoms with Gasteiger partial charge in [0.2, 0.25) is 0 Å². The summed E-state index contributed by atoms with van der Waals surface area (Å²) >= 11 is 0. The smallest absolute Gasteiger partial charge is 0.128 e. The van der Waals surface area contributed by atoms with Crippen molar-refractivity contribution < 1.29 is 5.11 Å². The molecule has 20 heavy (non-hydrogen) atoms. The van der Waals surface area contributed by atoms with Crippen molar-refractivity contribution in [1.82, 2.24) is 9.88 Å². The number of pyridine rings is 1. The van der Waals surface area contributed by atoms with Crippen LogP contribution in [0.1, 0.15) is 32.8 Å². The second-order valence-electron chi connectivity index (χ2n) is 7.11. The number of aromatic nitrogens is 1. The minimum absolute atomic E-state index is 0.124. The molecular formula is C16H27N3O. The molecule has 0 aliphatic carbocycles. The molecule has 112 valence electrons. The Morgan fingerprint density at radius 2 is 2.05 bits per heavy atom. The van der Waals surface area contributed by atoms with E-state index in [1.54, 1.807) is 0 Å². The third kappa shape index (κ3) is 3.49. The average molecular weight is 277 g/mol. The van der Waals surface area contributed by atoms with E-state index in [9.17, 15) is 5.11 Å². The maximum atomic E-state index is 9.94. The molecule has 2 atom stereocenters. The van der Waals surface area contributed by atoms with Gasteiger partial charge in [0.15, 0.2) is 0 Å². The Balaban J connectivity index is 2.17. The molecule has 2 heterocycles. The highest BCUT2D eigenvalue weighted by molar-refractivity contribution is 5.43. The lowest BCUT2D eigenvalue weighted by Gasteiger charge is -2.28. The van der Waals surface area contributed by atoms with Crippen LogP contribution in [0, 0.1) is 0 Å². The van der Waals surface area contributed by atoms with E-state index in [0.29, 0.717) is 12.6 Å². The zero-order valence-corrected chi connectivity index (χ0v) is 13.3. The molecule has 4 nitrogen and oxygen atoms in total. The minimum atomic E-state index is -0.246. The zero-order valence-electron chi connectivity index (χ0n) is 13.3. The summed E-state index contributed by atoms with van der Waals surface area (Å²) < 4.78 is 0. The van der Waals surface area contributed by atoms with Gasteiger partial charge in [-0.1, -0.05) is 26.8 Å². The predicted octanol–water partition coefficient (Wildman–Crippen LogP) is 1.88. The van der Waals surface area contributed by atoms with Crippen molar-refractivity contribution in [3.63, 3.8) is 0 Å². The van der Waals surface area contributed by atoms with Gasteiger partial charge in [0.25, 0.3) is 0 Å². The van der Waals surface area contributed by atoms with Crippen molar-refractivity contribution in [2.45, 2.75) is 44.8 Å². The molecule has 1 fully saturated rings. The fourth-order valence-electron chi connectivity index (χ4n) is 2.77. The van der Waals surface area contributed by atoms with Gasteiger partial charge in [-0.25, -0.2) is 4.98 Å². The van der Waals surface area contributed by atoms with E-state index < -0.39 is 0 Å². The standard InChI is InChI=1S/C16H27N3O/c1-16(2,3)12-6-7-15(17-9-12)19-11-14(20)8-13(19)10-18(4)5/h6-7,9,13-14,20H,8,10-11H2,1-5H3. The molecule has 2 unspecified atom stereocenters. The van der Waals surface area contributed by atoms with Gasteiger partial charge in [0.05, 0.1) is 6.10 Å². The van der Waals surface area contributed by atoms with Crippen LogP contribution >= 0.6 is 0 Å². The van der Waals surface area contributed by atoms with Gasteiger partial charge in [-0.2, -0.15) is 0 Å². The van der Waals surface area contributed by atoms with Gasteiger partial charge in [0, 0.05) is 25.3 Å². The first-order chi connectivity index (χ1) is 9.27. The molecule has 0 saturated carbocycles. The van der Waals surface area contributed by atoms with Crippen LogP contribution in [0.4, 0.5) is 5.82 Å². The maximum Gasteiger partial charge on any atom is 0.128 e. The summed E-state index contributed by atoms with van der Waals surface area (Å²) in [5.41, 5.74) is 1.36. The lowest BCUT2D eigenvalue weighted by molar-refractivity contribution is 0.191. The second kappa shape index (κ2) is 5.70. The highest BCUT2D eigenvalue weighted by Crippen LogP contribution is 2.27. The highest BCUT2D eigenvalue weighted by Gasteiger charge is 2.32. The Hall–Kier alpha value is -1.13. The van der Waals surface area contributed by atoms with Crippen molar-refractivity contribution in [2.75, 3.05) is 32.1 Å². The van der Waals surface area contributed by atoms with Gasteiger partial charge in [0.1, 0.15) is 5.82 Å². The van der Waals surface area contributed by atoms with Crippen LogP contribution in [0.25, 0.3) is 0 Å². The van der Waals surface area contributed by atoms with Crippen LogP contribution in [-0.4, -0.2) is 54.3 Å². The van der Waals surface area contributed by atoms with E-state index in [0.717, 1.165) is 18.8 Å². The van der Waals surface area contributed by atoms with E-state index in [2.05, 4.69) is 61.8 Å². The molecule has 1 aliphatic rings. The van der Waals surface area contributed by atoms with Crippen LogP contribution in [0.2, 0.25) is 0 Å². The summed E-state index contributed by atoms with van der Waals surface area (Å²) in [4.78, 5) is 9.01. The molecular weight excluding hydrogens is 250 g/mol. The fourth-order valence-corrected chi connectivity index (χ4v) is 2.77. The van der Waals surface area contributed by atoms with Gasteiger partial charge in [-0.15, -0.1) is 0 Å². The fraction of sp³-hybridized carbons (Fsp3) is 0.688. The molecule has 0 aromatic carbocycles. The first-order valence-electron chi connectivity index (χ1n) is 7.33. The number of hydrogen-bond donors (Lipinski definition) is 1. The van der Waals surface area contributed by atoms with Gasteiger partial charge in [-0.05, 0) is 37.6 Å². The number of aliphatic hydroxyl groups excluding tert-OH is 1. The van der Waals surface area contributed by atoms with E-state index in [4.69, 9.17) is 0 Å². The third-order valence-corrected chi connectivity index (χ3v) is 3.88. The minimum Gasteiger partial charge on any atom is -0.391 e. The first kappa shape index (κ1) is 15.3. The number of likely N-dealkylation sites (N-methyl/N-ethyl adjacent to an activating group) is 1. The molecule has 4 heteroatoms. The number of anilines is 1. The summed E-state index contributed by atoms with van der Waals surface area (Å²) in [6, 6.07) is 4.58. The third-order valence-electron chi connectivity index (χ3n) is 3.88. The topological polar surface area (TPSA) is 39.6 Å². The Morgan fingerprint density at radius 3 is 2.55 bits per heavy atom. The Morgan fingerprint density at radius 1 is 1.35 bits per heavy atom. The van der Waals surface area contributed by atoms with E-state index in [1.165, 1.54) is 5.56 Å². The number of aliphatic hydroxyl groups is 1. The maximum absolute atomic E-state index is 9.94. The van der Waals surface area contributed by atoms with Gasteiger partial charge >= 0.3 is 0 Å². The number of β-amino-alcohol motifs (C(OH)–C–C–N with tert-alkyl or cyclic N) is 1. The molecule has 1 saturated heterocycles. The van der Waals surface area contributed by atoms with Crippen molar-refractivity contribution in [3.8, 4) is 0 Å². The Labute approximate surface area is 122 Å². The van der Waals surface area contributed by atoms with Crippen LogP contribution in [0.3, 0.4) is 0 Å². The van der Waals surface area contributed by atoms with E-state index in [1.807, 2.05) is 6.20 Å². The summed E-state index contributed by atoms with van der Waals surface area (Å²) in [5, 5.41) is 9.94. The second-order valence-corrected chi connectivity index (χ2v) is 7.11. The molecule has 0 spiro atoms. The SMILES string of the molecule is CN(C)CC1CC(O)CN1c1ccc(C(C)(C)C)cn1. The van der Waals surface area contributed by atoms with Crippen LogP contribution in [0.15, 0.2) is 18.3 Å². The van der Waals surface area contributed by atoms with Crippen LogP contribution in [0.5, 0.6) is 0 Å². The largest absolute Gasteiger partial charge is 0.391 e. The number of hydrogen-bond acceptors (Lipinski definition) is 4. The number of nitrogens with zero attached hydrogens (tertiary/aromatic N) is 3. The van der Waals surface area contributed by atoms with Crippen molar-refractivity contribution >= 4 is 5.82 Å². The van der Waals surface area contributed by atoms with Gasteiger partial charge < -0.3 is 14.9 Å². The summed E-state index contributed by atoms with van der Waals surface area (Å²) in [7, 11) is 4.14. The molecule has 1 N–H and O–H groups in total. The normalized spacial score (nSPS) is 23.6. The molecule has 0 radical (unpaired) electrons. The Kier molecular flexibility index (Phi) is 4.35. The average Bonchev–Trinajstić information content (AvgIpc) is 2.68. The Bertz CT molecular complexity index is 436. The van der Waals surface area contributed by atoms with Crippen LogP contribution in [-0.2, 0) is 5.41 Å². The summed E-state index contributed by atoms with van der Waals surface area (Å²) in [6.45, 7) is 8.20. The molecule has 1 aromatic rings. The monoisotopic (exact) mass is 277 g/mol. The molecule has 1 aromatic heterocycles. The number of rotatable bonds is 3. The summed E-state index contributed by atoms with van der Waals surface area (Å²) in [6.07, 6.45) is 2.54. The zero-order chi connectivity index (χ0) is 14.9. The summed E-state index contributed by atoms with van der Waals surface area (Å²) in [5.74, 6) is 0.974. The molecule has 1 aliphatic heterocycles. The molecule has 0 bridgehead atoms. The lowest BCUT2D eigenvalue weighted by atomic mass is 9.88. The van der Waals surface area contributed by atoms with Gasteiger partial charge in [-0.3, -0.25) is 0 Å². The first-order valence-corrected chi connectivity index (χ1v) is 7.33. The molecule has 2 rings (SSSR count). The lowest BCUT2D eigenvalue weighted by Crippen LogP contribution is -2.38. The van der Waals surface area contributed by atoms with Crippen molar-refractivity contribution in [2.24, 2.45) is 0 Å². The highest BCUT2D eigenvalue weighted by atomic mass is 16.3. The molecule has 0 amide bonds. The quantitative estimate of drug-likeness (QED) is 0.916. The van der Waals surface area contributed by atoms with E-state index in [-0.39, 0.29) is 11.5 Å². The van der Waals surface area contributed by atoms with Crippen LogP contribution < -0.4 is 4.90 Å². The predicted molar refractivity (Wildman–Crippen MR) is 83.2 cm³/mol. The van der Waals surface area contributed by atoms with E-state index >= 15 is 0 Å².